The average Bonchev–Trinajstić information content (AvgIpc) is 2.02. The summed E-state index contributed by atoms with van der Waals surface area (Å²) in [5, 5.41) is 0. The van der Waals surface area contributed by atoms with Crippen LogP contribution in [0.3, 0.4) is 0 Å². The molecule has 1 rings (SSSR count). The third kappa shape index (κ3) is 1.34. The number of carbonyl (C=O) groups is 2. The molecular formula is C8H13NO3. The van der Waals surface area contributed by atoms with Gasteiger partial charge in [-0.3, -0.25) is 14.5 Å². The molecule has 0 aromatic heterocycles. The van der Waals surface area contributed by atoms with Crippen molar-refractivity contribution < 1.29 is 14.3 Å². The monoisotopic (exact) mass is 171 g/mol. The number of methoxy groups -OCH3 is 1. The molecule has 1 heterocycles. The molecule has 2 atom stereocenters. The number of rotatable bonds is 3. The first-order valence-electron chi connectivity index (χ1n) is 3.95. The Labute approximate surface area is 71.5 Å². The highest BCUT2D eigenvalue weighted by Gasteiger charge is 2.39. The summed E-state index contributed by atoms with van der Waals surface area (Å²) in [5.74, 6) is -0.201. The molecule has 2 amide bonds. The lowest BCUT2D eigenvalue weighted by Crippen LogP contribution is -2.56. The predicted octanol–water partition coefficient (Wildman–Crippen LogP) is 0.169. The molecule has 68 valence electrons. The first-order chi connectivity index (χ1) is 5.57. The zero-order valence-electron chi connectivity index (χ0n) is 7.53. The summed E-state index contributed by atoms with van der Waals surface area (Å²) in [7, 11) is 1.57. The minimum Gasteiger partial charge on any atom is -0.380 e. The fourth-order valence-electron chi connectivity index (χ4n) is 1.21. The third-order valence-corrected chi connectivity index (χ3v) is 2.30. The number of hydrogen-bond donors (Lipinski definition) is 0. The molecule has 0 bridgehead atoms. The maximum absolute atomic E-state index is 11.0. The number of hydrogen-bond acceptors (Lipinski definition) is 3. The molecule has 0 N–H and O–H groups in total. The summed E-state index contributed by atoms with van der Waals surface area (Å²) in [4.78, 5) is 23.2. The lowest BCUT2D eigenvalue weighted by Gasteiger charge is -2.36. The van der Waals surface area contributed by atoms with Gasteiger partial charge in [0.25, 0.3) is 0 Å². The quantitative estimate of drug-likeness (QED) is 0.449. The van der Waals surface area contributed by atoms with Gasteiger partial charge in [0.2, 0.25) is 11.8 Å². The number of ether oxygens (including phenoxy) is 1. The van der Waals surface area contributed by atoms with Gasteiger partial charge in [0.1, 0.15) is 6.42 Å². The molecule has 1 aliphatic rings. The van der Waals surface area contributed by atoms with E-state index >= 15 is 0 Å². The first kappa shape index (κ1) is 9.19. The molecule has 0 radical (unpaired) electrons. The summed E-state index contributed by atoms with van der Waals surface area (Å²) in [6, 6.07) is -0.149. The summed E-state index contributed by atoms with van der Waals surface area (Å²) in [6.45, 7) is 3.65. The Morgan fingerprint density at radius 2 is 1.83 bits per heavy atom. The molecule has 1 saturated heterocycles. The second-order valence-corrected chi connectivity index (χ2v) is 3.02. The van der Waals surface area contributed by atoms with Crippen molar-refractivity contribution >= 4 is 11.8 Å². The van der Waals surface area contributed by atoms with Crippen molar-refractivity contribution in [1.82, 2.24) is 4.90 Å². The zero-order valence-corrected chi connectivity index (χ0v) is 7.53. The Hall–Kier alpha value is -0.900. The largest absolute Gasteiger partial charge is 0.380 e. The molecule has 1 aliphatic heterocycles. The Bertz CT molecular complexity index is 200. The van der Waals surface area contributed by atoms with Crippen LogP contribution in [0.15, 0.2) is 0 Å². The number of likely N-dealkylation sites (tertiary alicyclic amines) is 1. The minimum atomic E-state index is -0.149. The number of carbonyl (C=O) groups excluding carboxylic acids is 2. The lowest BCUT2D eigenvalue weighted by molar-refractivity contribution is -0.163. The molecule has 0 aromatic rings. The average molecular weight is 171 g/mol. The van der Waals surface area contributed by atoms with E-state index in [1.165, 1.54) is 4.90 Å². The predicted molar refractivity (Wildman–Crippen MR) is 42.4 cm³/mol. The van der Waals surface area contributed by atoms with E-state index in [0.29, 0.717) is 0 Å². The van der Waals surface area contributed by atoms with Crippen molar-refractivity contribution in [2.24, 2.45) is 0 Å². The van der Waals surface area contributed by atoms with E-state index in [2.05, 4.69) is 0 Å². The van der Waals surface area contributed by atoms with Gasteiger partial charge >= 0.3 is 0 Å². The second kappa shape index (κ2) is 3.23. The van der Waals surface area contributed by atoms with Gasteiger partial charge in [0.15, 0.2) is 0 Å². The maximum Gasteiger partial charge on any atom is 0.238 e. The number of β-lactam (4-membered cyclic amide) rings is 2. The van der Waals surface area contributed by atoms with Crippen LogP contribution in [0.5, 0.6) is 0 Å². The molecule has 4 heteroatoms. The van der Waals surface area contributed by atoms with Gasteiger partial charge in [-0.2, -0.15) is 0 Å². The smallest absolute Gasteiger partial charge is 0.238 e. The molecule has 0 aliphatic carbocycles. The number of imide groups is 1. The standard InChI is InChI=1S/C8H13NO3/c1-5(6(2)12-3)9-7(10)4-8(9)11/h5-6H,4H2,1-3H3. The second-order valence-electron chi connectivity index (χ2n) is 3.02. The van der Waals surface area contributed by atoms with E-state index in [9.17, 15) is 9.59 Å². The van der Waals surface area contributed by atoms with Crippen molar-refractivity contribution in [2.45, 2.75) is 32.4 Å². The van der Waals surface area contributed by atoms with E-state index in [4.69, 9.17) is 4.74 Å². The minimum absolute atomic E-state index is 0.0563. The van der Waals surface area contributed by atoms with Crippen LogP contribution in [0.1, 0.15) is 20.3 Å². The van der Waals surface area contributed by atoms with Gasteiger partial charge in [-0.05, 0) is 13.8 Å². The Balaban J connectivity index is 2.57. The first-order valence-corrected chi connectivity index (χ1v) is 3.95. The van der Waals surface area contributed by atoms with Crippen LogP contribution in [0.25, 0.3) is 0 Å². The van der Waals surface area contributed by atoms with Crippen LogP contribution in [0, 0.1) is 0 Å². The molecule has 2 unspecified atom stereocenters. The van der Waals surface area contributed by atoms with Crippen LogP contribution in [0.2, 0.25) is 0 Å². The molecule has 1 fully saturated rings. The lowest BCUT2D eigenvalue weighted by atomic mass is 10.1. The maximum atomic E-state index is 11.0. The van der Waals surface area contributed by atoms with Gasteiger partial charge < -0.3 is 4.74 Å². The summed E-state index contributed by atoms with van der Waals surface area (Å²) < 4.78 is 5.02. The van der Waals surface area contributed by atoms with Crippen LogP contribution in [0.4, 0.5) is 0 Å². The highest BCUT2D eigenvalue weighted by Crippen LogP contribution is 2.18. The van der Waals surface area contributed by atoms with E-state index in [0.717, 1.165) is 0 Å². The van der Waals surface area contributed by atoms with Gasteiger partial charge in [0, 0.05) is 7.11 Å². The van der Waals surface area contributed by atoms with Gasteiger partial charge in [0.05, 0.1) is 12.1 Å². The number of nitrogens with zero attached hydrogens (tertiary/aromatic N) is 1. The molecule has 0 spiro atoms. The van der Waals surface area contributed by atoms with Crippen LogP contribution < -0.4 is 0 Å². The van der Waals surface area contributed by atoms with Crippen molar-refractivity contribution in [3.63, 3.8) is 0 Å². The highest BCUT2D eigenvalue weighted by molar-refractivity contribution is 6.15. The molecule has 0 aromatic carbocycles. The SMILES string of the molecule is COC(C)C(C)N1C(=O)CC1=O. The van der Waals surface area contributed by atoms with E-state index in [1.807, 2.05) is 13.8 Å². The number of amides is 2. The Morgan fingerprint density at radius 1 is 1.33 bits per heavy atom. The topological polar surface area (TPSA) is 46.6 Å². The summed E-state index contributed by atoms with van der Waals surface area (Å²) >= 11 is 0. The fraction of sp³-hybridized carbons (Fsp3) is 0.750. The van der Waals surface area contributed by atoms with Gasteiger partial charge in [-0.1, -0.05) is 0 Å². The fourth-order valence-corrected chi connectivity index (χ4v) is 1.21. The molecule has 4 nitrogen and oxygen atoms in total. The van der Waals surface area contributed by atoms with E-state index < -0.39 is 0 Å². The third-order valence-electron chi connectivity index (χ3n) is 2.30. The summed E-state index contributed by atoms with van der Waals surface area (Å²) in [6.07, 6.45) is -0.0426. The molecule has 12 heavy (non-hydrogen) atoms. The molecular weight excluding hydrogens is 158 g/mol. The van der Waals surface area contributed by atoms with Crippen LogP contribution in [-0.2, 0) is 14.3 Å². The normalized spacial score (nSPS) is 22.1. The van der Waals surface area contributed by atoms with Crippen molar-refractivity contribution in [3.05, 3.63) is 0 Å². The van der Waals surface area contributed by atoms with Gasteiger partial charge in [-0.15, -0.1) is 0 Å². The summed E-state index contributed by atoms with van der Waals surface area (Å²) in [5.41, 5.74) is 0. The Morgan fingerprint density at radius 3 is 2.17 bits per heavy atom. The van der Waals surface area contributed by atoms with Crippen LogP contribution in [-0.4, -0.2) is 36.0 Å². The Kier molecular flexibility index (Phi) is 2.47. The van der Waals surface area contributed by atoms with Gasteiger partial charge in [-0.25, -0.2) is 0 Å². The highest BCUT2D eigenvalue weighted by atomic mass is 16.5. The zero-order chi connectivity index (χ0) is 9.30. The van der Waals surface area contributed by atoms with E-state index in [1.54, 1.807) is 7.11 Å². The van der Waals surface area contributed by atoms with E-state index in [-0.39, 0.29) is 30.4 Å². The van der Waals surface area contributed by atoms with Crippen LogP contribution >= 0.6 is 0 Å². The van der Waals surface area contributed by atoms with Crippen molar-refractivity contribution in [1.29, 1.82) is 0 Å². The van der Waals surface area contributed by atoms with Crippen molar-refractivity contribution in [2.75, 3.05) is 7.11 Å². The van der Waals surface area contributed by atoms with Crippen molar-refractivity contribution in [3.8, 4) is 0 Å². The molecule has 0 saturated carbocycles.